The van der Waals surface area contributed by atoms with E-state index >= 15 is 0 Å². The summed E-state index contributed by atoms with van der Waals surface area (Å²) in [6, 6.07) is 0.608. The van der Waals surface area contributed by atoms with Crippen LogP contribution in [0.2, 0.25) is 0 Å². The Bertz CT molecular complexity index is 117. The predicted molar refractivity (Wildman–Crippen MR) is 46.5 cm³/mol. The zero-order valence-electron chi connectivity index (χ0n) is 6.92. The van der Waals surface area contributed by atoms with Crippen molar-refractivity contribution in [3.8, 4) is 0 Å². The van der Waals surface area contributed by atoms with E-state index in [4.69, 9.17) is 0 Å². The van der Waals surface area contributed by atoms with Crippen molar-refractivity contribution in [2.45, 2.75) is 37.8 Å². The summed E-state index contributed by atoms with van der Waals surface area (Å²) in [4.78, 5) is 0. The molecule has 0 amide bonds. The smallest absolute Gasteiger partial charge is 0.0541 e. The second-order valence-corrected chi connectivity index (χ2v) is 3.20. The van der Waals surface area contributed by atoms with E-state index in [0.717, 1.165) is 32.2 Å². The lowest BCUT2D eigenvalue weighted by molar-refractivity contribution is 0.117. The van der Waals surface area contributed by atoms with E-state index in [1.807, 2.05) is 6.08 Å². The van der Waals surface area contributed by atoms with Gasteiger partial charge in [-0.15, -0.1) is 6.58 Å². The Morgan fingerprint density at radius 2 is 2.00 bits per heavy atom. The van der Waals surface area contributed by atoms with Crippen molar-refractivity contribution < 1.29 is 5.11 Å². The maximum absolute atomic E-state index is 9.20. The van der Waals surface area contributed by atoms with Gasteiger partial charge in [-0.3, -0.25) is 0 Å². The third-order valence-corrected chi connectivity index (χ3v) is 2.25. The molecule has 0 heterocycles. The van der Waals surface area contributed by atoms with Crippen molar-refractivity contribution in [1.82, 2.24) is 5.32 Å². The highest BCUT2D eigenvalue weighted by atomic mass is 16.3. The van der Waals surface area contributed by atoms with Crippen LogP contribution in [0.25, 0.3) is 0 Å². The Morgan fingerprint density at radius 3 is 2.55 bits per heavy atom. The first-order chi connectivity index (χ1) is 5.33. The molecule has 1 aliphatic carbocycles. The number of aliphatic hydroxyl groups excluding tert-OH is 1. The molecule has 0 spiro atoms. The Morgan fingerprint density at radius 1 is 1.36 bits per heavy atom. The summed E-state index contributed by atoms with van der Waals surface area (Å²) in [6.07, 6.45) is 5.95. The normalized spacial score (nSPS) is 31.7. The predicted octanol–water partition coefficient (Wildman–Crippen LogP) is 1.07. The lowest BCUT2D eigenvalue weighted by Gasteiger charge is -2.25. The Labute approximate surface area is 68.3 Å². The Hall–Kier alpha value is -0.340. The topological polar surface area (TPSA) is 32.3 Å². The first-order valence-electron chi connectivity index (χ1n) is 4.35. The average Bonchev–Trinajstić information content (AvgIpc) is 2.04. The van der Waals surface area contributed by atoms with Crippen LogP contribution in [0.5, 0.6) is 0 Å². The van der Waals surface area contributed by atoms with Crippen molar-refractivity contribution in [2.75, 3.05) is 6.54 Å². The molecule has 2 N–H and O–H groups in total. The molecule has 0 aliphatic heterocycles. The fourth-order valence-electron chi connectivity index (χ4n) is 1.53. The fraction of sp³-hybridized carbons (Fsp3) is 0.778. The van der Waals surface area contributed by atoms with E-state index in [9.17, 15) is 5.11 Å². The molecule has 1 aliphatic rings. The lowest BCUT2D eigenvalue weighted by Crippen LogP contribution is -2.34. The van der Waals surface area contributed by atoms with E-state index in [1.165, 1.54) is 0 Å². The molecule has 0 saturated heterocycles. The second-order valence-electron chi connectivity index (χ2n) is 3.20. The molecule has 1 rings (SSSR count). The van der Waals surface area contributed by atoms with Crippen molar-refractivity contribution in [3.05, 3.63) is 12.7 Å². The van der Waals surface area contributed by atoms with Gasteiger partial charge >= 0.3 is 0 Å². The number of rotatable bonds is 3. The van der Waals surface area contributed by atoms with Gasteiger partial charge in [0.25, 0.3) is 0 Å². The van der Waals surface area contributed by atoms with Gasteiger partial charge in [-0.2, -0.15) is 0 Å². The molecule has 0 unspecified atom stereocenters. The van der Waals surface area contributed by atoms with Crippen LogP contribution >= 0.6 is 0 Å². The highest BCUT2D eigenvalue weighted by molar-refractivity contribution is 4.79. The van der Waals surface area contributed by atoms with Gasteiger partial charge < -0.3 is 10.4 Å². The van der Waals surface area contributed by atoms with Crippen LogP contribution in [0.1, 0.15) is 25.7 Å². The zero-order chi connectivity index (χ0) is 8.10. The monoisotopic (exact) mass is 155 g/mol. The maximum atomic E-state index is 9.20. The number of hydrogen-bond donors (Lipinski definition) is 2. The van der Waals surface area contributed by atoms with Gasteiger partial charge in [-0.25, -0.2) is 0 Å². The van der Waals surface area contributed by atoms with E-state index in [2.05, 4.69) is 11.9 Å². The molecule has 2 nitrogen and oxygen atoms in total. The molecule has 11 heavy (non-hydrogen) atoms. The number of nitrogens with one attached hydrogen (secondary N) is 1. The first-order valence-corrected chi connectivity index (χ1v) is 4.35. The van der Waals surface area contributed by atoms with Crippen LogP contribution in [-0.2, 0) is 0 Å². The molecule has 0 aromatic carbocycles. The molecule has 0 aromatic rings. The molecule has 1 saturated carbocycles. The van der Waals surface area contributed by atoms with Gasteiger partial charge in [-0.1, -0.05) is 6.08 Å². The highest BCUT2D eigenvalue weighted by Crippen LogP contribution is 2.17. The van der Waals surface area contributed by atoms with Crippen LogP contribution in [-0.4, -0.2) is 23.8 Å². The summed E-state index contributed by atoms with van der Waals surface area (Å²) in [5.74, 6) is 0. The summed E-state index contributed by atoms with van der Waals surface area (Å²) in [7, 11) is 0. The number of aliphatic hydroxyl groups is 1. The van der Waals surface area contributed by atoms with Crippen molar-refractivity contribution in [2.24, 2.45) is 0 Å². The van der Waals surface area contributed by atoms with Gasteiger partial charge in [0.2, 0.25) is 0 Å². The van der Waals surface area contributed by atoms with E-state index in [1.54, 1.807) is 0 Å². The van der Waals surface area contributed by atoms with E-state index in [0.29, 0.717) is 6.04 Å². The molecule has 2 heteroatoms. The quantitative estimate of drug-likeness (QED) is 0.597. The third kappa shape index (κ3) is 3.04. The van der Waals surface area contributed by atoms with Gasteiger partial charge in [0.1, 0.15) is 0 Å². The molecule has 1 fully saturated rings. The second kappa shape index (κ2) is 4.52. The minimum Gasteiger partial charge on any atom is -0.393 e. The van der Waals surface area contributed by atoms with Crippen molar-refractivity contribution >= 4 is 0 Å². The SMILES string of the molecule is C=CCNC1CCC(O)CC1. The zero-order valence-corrected chi connectivity index (χ0v) is 6.92. The van der Waals surface area contributed by atoms with Crippen LogP contribution < -0.4 is 5.32 Å². The first kappa shape index (κ1) is 8.75. The molecular formula is C9H17NO. The van der Waals surface area contributed by atoms with Crippen molar-refractivity contribution in [3.63, 3.8) is 0 Å². The lowest BCUT2D eigenvalue weighted by atomic mass is 9.93. The summed E-state index contributed by atoms with van der Waals surface area (Å²) in [5, 5.41) is 12.6. The van der Waals surface area contributed by atoms with Crippen molar-refractivity contribution in [1.29, 1.82) is 0 Å². The molecular weight excluding hydrogens is 138 g/mol. The molecule has 0 atom stereocenters. The molecule has 64 valence electrons. The largest absolute Gasteiger partial charge is 0.393 e. The summed E-state index contributed by atoms with van der Waals surface area (Å²) in [6.45, 7) is 4.54. The minimum absolute atomic E-state index is 0.0446. The Kier molecular flexibility index (Phi) is 3.60. The summed E-state index contributed by atoms with van der Waals surface area (Å²) < 4.78 is 0. The summed E-state index contributed by atoms with van der Waals surface area (Å²) >= 11 is 0. The van der Waals surface area contributed by atoms with Gasteiger partial charge in [0.05, 0.1) is 6.10 Å². The Balaban J connectivity index is 2.12. The van der Waals surface area contributed by atoms with Crippen LogP contribution in [0, 0.1) is 0 Å². The fourth-order valence-corrected chi connectivity index (χ4v) is 1.53. The number of hydrogen-bond acceptors (Lipinski definition) is 2. The average molecular weight is 155 g/mol. The minimum atomic E-state index is -0.0446. The summed E-state index contributed by atoms with van der Waals surface area (Å²) in [5.41, 5.74) is 0. The molecule has 0 aromatic heterocycles. The standard InChI is InChI=1S/C9H17NO/c1-2-7-10-8-3-5-9(11)6-4-8/h2,8-11H,1,3-7H2. The van der Waals surface area contributed by atoms with Gasteiger partial charge in [-0.05, 0) is 25.7 Å². The van der Waals surface area contributed by atoms with Gasteiger partial charge in [0, 0.05) is 12.6 Å². The highest BCUT2D eigenvalue weighted by Gasteiger charge is 2.17. The van der Waals surface area contributed by atoms with E-state index < -0.39 is 0 Å². The van der Waals surface area contributed by atoms with E-state index in [-0.39, 0.29) is 6.10 Å². The van der Waals surface area contributed by atoms with Crippen LogP contribution in [0.15, 0.2) is 12.7 Å². The molecule has 0 radical (unpaired) electrons. The van der Waals surface area contributed by atoms with Crippen LogP contribution in [0.3, 0.4) is 0 Å². The van der Waals surface area contributed by atoms with Gasteiger partial charge in [0.15, 0.2) is 0 Å². The van der Waals surface area contributed by atoms with Crippen LogP contribution in [0.4, 0.5) is 0 Å². The third-order valence-electron chi connectivity index (χ3n) is 2.25. The molecule has 0 bridgehead atoms. The maximum Gasteiger partial charge on any atom is 0.0541 e.